The van der Waals surface area contributed by atoms with E-state index in [2.05, 4.69) is 49.5 Å². The molecule has 0 spiro atoms. The second kappa shape index (κ2) is 10.5. The quantitative estimate of drug-likeness (QED) is 0.307. The molecule has 9 nitrogen and oxygen atoms in total. The summed E-state index contributed by atoms with van der Waals surface area (Å²) in [6.45, 7) is 7.92. The molecular formula is C26H27Cl2N7O2. The summed E-state index contributed by atoms with van der Waals surface area (Å²) >= 11 is 12.5. The normalized spacial score (nSPS) is 18.6. The largest absolute Gasteiger partial charge is 0.486 e. The molecule has 0 aliphatic carbocycles. The lowest BCUT2D eigenvalue weighted by atomic mass is 10.1. The maximum Gasteiger partial charge on any atom is 0.276 e. The molecule has 4 heterocycles. The lowest BCUT2D eigenvalue weighted by Gasteiger charge is -2.36. The van der Waals surface area contributed by atoms with Crippen LogP contribution in [-0.2, 0) is 0 Å². The molecule has 1 fully saturated rings. The number of piperazine rings is 1. The highest BCUT2D eigenvalue weighted by molar-refractivity contribution is 6.35. The fourth-order valence-corrected chi connectivity index (χ4v) is 5.34. The third kappa shape index (κ3) is 5.49. The van der Waals surface area contributed by atoms with Crippen molar-refractivity contribution >= 4 is 51.5 Å². The van der Waals surface area contributed by atoms with Gasteiger partial charge in [-0.15, -0.1) is 0 Å². The Bertz CT molecular complexity index is 1400. The number of halogens is 2. The van der Waals surface area contributed by atoms with Gasteiger partial charge in [-0.2, -0.15) is 5.10 Å². The van der Waals surface area contributed by atoms with Crippen molar-refractivity contribution in [2.75, 3.05) is 23.3 Å². The number of nitrogens with one attached hydrogen (secondary N) is 3. The molecule has 1 aliphatic heterocycles. The van der Waals surface area contributed by atoms with Crippen LogP contribution in [0.25, 0.3) is 10.9 Å². The molecule has 192 valence electrons. The van der Waals surface area contributed by atoms with E-state index in [-0.39, 0.29) is 11.6 Å². The number of pyridine rings is 2. The highest BCUT2D eigenvalue weighted by Gasteiger charge is 2.22. The molecule has 37 heavy (non-hydrogen) atoms. The number of ether oxygens (including phenoxy) is 1. The van der Waals surface area contributed by atoms with Crippen LogP contribution in [0.15, 0.2) is 48.9 Å². The van der Waals surface area contributed by atoms with Crippen molar-refractivity contribution in [3.8, 4) is 5.75 Å². The minimum Gasteiger partial charge on any atom is -0.486 e. The first-order valence-electron chi connectivity index (χ1n) is 12.0. The van der Waals surface area contributed by atoms with Crippen molar-refractivity contribution in [2.24, 2.45) is 0 Å². The number of rotatable bonds is 6. The van der Waals surface area contributed by atoms with Crippen LogP contribution in [0.2, 0.25) is 10.0 Å². The highest BCUT2D eigenvalue weighted by atomic mass is 35.5. The summed E-state index contributed by atoms with van der Waals surface area (Å²) in [7, 11) is 0. The molecule has 4 aromatic rings. The van der Waals surface area contributed by atoms with Gasteiger partial charge in [-0.05, 0) is 51.1 Å². The molecule has 0 bridgehead atoms. The van der Waals surface area contributed by atoms with Crippen molar-refractivity contribution in [1.29, 1.82) is 0 Å². The van der Waals surface area contributed by atoms with Crippen LogP contribution in [0.3, 0.4) is 0 Å². The van der Waals surface area contributed by atoms with Gasteiger partial charge in [0, 0.05) is 48.5 Å². The summed E-state index contributed by atoms with van der Waals surface area (Å²) in [6, 6.07) is 9.91. The third-order valence-electron chi connectivity index (χ3n) is 6.25. The zero-order valence-electron chi connectivity index (χ0n) is 20.6. The smallest absolute Gasteiger partial charge is 0.276 e. The molecule has 1 amide bonds. The molecule has 1 saturated heterocycles. The van der Waals surface area contributed by atoms with Gasteiger partial charge < -0.3 is 20.3 Å². The lowest BCUT2D eigenvalue weighted by molar-refractivity contribution is 0.102. The molecular weight excluding hydrogens is 513 g/mol. The van der Waals surface area contributed by atoms with E-state index in [1.165, 1.54) is 12.4 Å². The van der Waals surface area contributed by atoms with E-state index in [4.69, 9.17) is 27.9 Å². The number of hydrogen-bond acceptors (Lipinski definition) is 7. The topological polar surface area (TPSA) is 108 Å². The molecule has 0 radical (unpaired) electrons. The van der Waals surface area contributed by atoms with Crippen LogP contribution in [0.1, 0.15) is 42.9 Å². The first-order chi connectivity index (χ1) is 17.8. The molecule has 3 atom stereocenters. The first-order valence-corrected chi connectivity index (χ1v) is 12.8. The summed E-state index contributed by atoms with van der Waals surface area (Å²) < 4.78 is 6.09. The van der Waals surface area contributed by atoms with E-state index in [1.54, 1.807) is 18.3 Å². The maximum atomic E-state index is 13.1. The van der Waals surface area contributed by atoms with Crippen molar-refractivity contribution in [1.82, 2.24) is 25.5 Å². The van der Waals surface area contributed by atoms with E-state index in [9.17, 15) is 4.79 Å². The standard InChI is InChI=1S/C26H27Cl2N7O2/c1-14-12-35(13-15(2)31-14)23-7-4-17(9-30-23)32-26(36)25-19-8-18(5-6-22(19)33-34-25)37-16(3)24-20(27)10-29-11-21(24)28/h4-11,14-16,31H,12-13H2,1-3H3,(H,32,36)(H,33,34). The number of carbonyl (C=O) groups is 1. The summed E-state index contributed by atoms with van der Waals surface area (Å²) in [5.41, 5.74) is 2.19. The van der Waals surface area contributed by atoms with Crippen LogP contribution in [0, 0.1) is 0 Å². The van der Waals surface area contributed by atoms with Crippen LogP contribution in [0.5, 0.6) is 5.75 Å². The summed E-state index contributed by atoms with van der Waals surface area (Å²) in [4.78, 5) is 23.9. The number of H-pyrrole nitrogens is 1. The second-order valence-electron chi connectivity index (χ2n) is 9.29. The van der Waals surface area contributed by atoms with Gasteiger partial charge in [0.1, 0.15) is 17.7 Å². The molecule has 3 N–H and O–H groups in total. The number of amides is 1. The zero-order valence-corrected chi connectivity index (χ0v) is 22.1. The van der Waals surface area contributed by atoms with Crippen molar-refractivity contribution in [2.45, 2.75) is 39.0 Å². The first kappa shape index (κ1) is 25.3. The lowest BCUT2D eigenvalue weighted by Crippen LogP contribution is -2.54. The van der Waals surface area contributed by atoms with Gasteiger partial charge in [-0.1, -0.05) is 23.2 Å². The van der Waals surface area contributed by atoms with Crippen molar-refractivity contribution in [3.63, 3.8) is 0 Å². The third-order valence-corrected chi connectivity index (χ3v) is 6.85. The molecule has 11 heteroatoms. The SMILES string of the molecule is CC1CN(c2ccc(NC(=O)c3n[nH]c4ccc(OC(C)c5c(Cl)cncc5Cl)cc34)cn2)CC(C)N1. The molecule has 3 unspecified atom stereocenters. The number of aromatic nitrogens is 4. The Balaban J connectivity index is 1.31. The van der Waals surface area contributed by atoms with Gasteiger partial charge in [0.15, 0.2) is 5.69 Å². The Morgan fingerprint density at radius 1 is 1.11 bits per heavy atom. The average molecular weight is 540 g/mol. The predicted molar refractivity (Wildman–Crippen MR) is 146 cm³/mol. The maximum absolute atomic E-state index is 13.1. The summed E-state index contributed by atoms with van der Waals surface area (Å²) in [5.74, 6) is 1.08. The number of fused-ring (bicyclic) bond motifs is 1. The molecule has 0 saturated carbocycles. The average Bonchev–Trinajstić information content (AvgIpc) is 3.27. The molecule has 1 aliphatic rings. The monoisotopic (exact) mass is 539 g/mol. The molecule has 5 rings (SSSR count). The number of hydrogen-bond donors (Lipinski definition) is 3. The van der Waals surface area contributed by atoms with Gasteiger partial charge in [0.25, 0.3) is 5.91 Å². The highest BCUT2D eigenvalue weighted by Crippen LogP contribution is 2.33. The van der Waals surface area contributed by atoms with E-state index < -0.39 is 6.10 Å². The van der Waals surface area contributed by atoms with Crippen LogP contribution in [-0.4, -0.2) is 51.2 Å². The number of anilines is 2. The van der Waals surface area contributed by atoms with Crippen molar-refractivity contribution in [3.05, 3.63) is 70.2 Å². The van der Waals surface area contributed by atoms with Crippen LogP contribution < -0.4 is 20.3 Å². The predicted octanol–water partition coefficient (Wildman–Crippen LogP) is 5.24. The summed E-state index contributed by atoms with van der Waals surface area (Å²) in [6.07, 6.45) is 4.28. The van der Waals surface area contributed by atoms with Crippen LogP contribution >= 0.6 is 23.2 Å². The number of aromatic amines is 1. The zero-order chi connectivity index (χ0) is 26.1. The Morgan fingerprint density at radius 3 is 2.51 bits per heavy atom. The second-order valence-corrected chi connectivity index (χ2v) is 10.1. The van der Waals surface area contributed by atoms with Gasteiger partial charge in [0.2, 0.25) is 0 Å². The minimum atomic E-state index is -0.434. The number of benzene rings is 1. The number of nitrogens with zero attached hydrogens (tertiary/aromatic N) is 4. The Kier molecular flexibility index (Phi) is 7.19. The van der Waals surface area contributed by atoms with E-state index in [0.29, 0.717) is 50.0 Å². The van der Waals surface area contributed by atoms with E-state index in [1.807, 2.05) is 25.1 Å². The fourth-order valence-electron chi connectivity index (χ4n) is 4.66. The minimum absolute atomic E-state index is 0.252. The molecule has 1 aromatic carbocycles. The number of carbonyl (C=O) groups excluding carboxylic acids is 1. The van der Waals surface area contributed by atoms with Gasteiger partial charge >= 0.3 is 0 Å². The van der Waals surface area contributed by atoms with E-state index >= 15 is 0 Å². The van der Waals surface area contributed by atoms with Gasteiger partial charge in [-0.3, -0.25) is 14.9 Å². The van der Waals surface area contributed by atoms with E-state index in [0.717, 1.165) is 18.9 Å². The van der Waals surface area contributed by atoms with Gasteiger partial charge in [-0.25, -0.2) is 4.98 Å². The van der Waals surface area contributed by atoms with Gasteiger partial charge in [0.05, 0.1) is 27.4 Å². The van der Waals surface area contributed by atoms with Crippen molar-refractivity contribution < 1.29 is 9.53 Å². The summed E-state index contributed by atoms with van der Waals surface area (Å²) in [5, 5.41) is 15.0. The fraction of sp³-hybridized carbons (Fsp3) is 0.308. The van der Waals surface area contributed by atoms with Crippen LogP contribution in [0.4, 0.5) is 11.5 Å². The molecule has 3 aromatic heterocycles. The Labute approximate surface area is 224 Å². The Morgan fingerprint density at radius 2 is 1.84 bits per heavy atom. The Hall–Kier alpha value is -3.40.